The molecule has 156 valence electrons. The summed E-state index contributed by atoms with van der Waals surface area (Å²) in [4.78, 5) is 0. The van der Waals surface area contributed by atoms with Crippen molar-refractivity contribution in [3.63, 3.8) is 0 Å². The molecule has 0 aromatic heterocycles. The Morgan fingerprint density at radius 2 is 1.57 bits per heavy atom. The van der Waals surface area contributed by atoms with Gasteiger partial charge in [0.05, 0.1) is 5.25 Å². The van der Waals surface area contributed by atoms with E-state index >= 15 is 0 Å². The van der Waals surface area contributed by atoms with Gasteiger partial charge in [-0.3, -0.25) is 0 Å². The number of fused-ring (bicyclic) bond motifs is 1. The molecule has 1 aliphatic heterocycles. The number of benzene rings is 3. The lowest BCUT2D eigenvalue weighted by molar-refractivity contribution is 0.280. The third kappa shape index (κ3) is 4.44. The van der Waals surface area contributed by atoms with Crippen LogP contribution in [0.4, 0.5) is 0 Å². The Bertz CT molecular complexity index is 951. The van der Waals surface area contributed by atoms with E-state index in [1.807, 2.05) is 11.8 Å². The molecule has 30 heavy (non-hydrogen) atoms. The quantitative estimate of drug-likeness (QED) is 0.382. The maximum Gasteiger partial charge on any atom is 0.170 e. The van der Waals surface area contributed by atoms with Crippen LogP contribution in [0.15, 0.2) is 72.8 Å². The Morgan fingerprint density at radius 1 is 0.900 bits per heavy atom. The molecule has 4 rings (SSSR count). The van der Waals surface area contributed by atoms with Gasteiger partial charge in [0.1, 0.15) is 5.75 Å². The summed E-state index contributed by atoms with van der Waals surface area (Å²) < 4.78 is 6.75. The van der Waals surface area contributed by atoms with E-state index < -0.39 is 0 Å². The molecule has 0 bridgehead atoms. The second kappa shape index (κ2) is 9.75. The summed E-state index contributed by atoms with van der Waals surface area (Å²) in [6.07, 6.45) is 4.71. The molecule has 0 N–H and O–H groups in total. The van der Waals surface area contributed by atoms with E-state index in [2.05, 4.69) is 93.6 Å². The van der Waals surface area contributed by atoms with Gasteiger partial charge in [-0.1, -0.05) is 100.0 Å². The lowest BCUT2D eigenvalue weighted by Crippen LogP contribution is -2.17. The summed E-state index contributed by atoms with van der Waals surface area (Å²) in [7, 11) is 0. The molecule has 2 heteroatoms. The Morgan fingerprint density at radius 3 is 2.20 bits per heavy atom. The Hall–Kier alpha value is -2.19. The first-order valence-electron chi connectivity index (χ1n) is 11.3. The van der Waals surface area contributed by atoms with Crippen LogP contribution in [0.3, 0.4) is 0 Å². The van der Waals surface area contributed by atoms with Crippen LogP contribution in [0.5, 0.6) is 5.75 Å². The summed E-state index contributed by atoms with van der Waals surface area (Å²) in [6.45, 7) is 6.88. The van der Waals surface area contributed by atoms with E-state index in [1.54, 1.807) is 0 Å². The Balaban J connectivity index is 1.85. The molecule has 1 nitrogen and oxygen atoms in total. The van der Waals surface area contributed by atoms with Gasteiger partial charge in [0.25, 0.3) is 0 Å². The zero-order chi connectivity index (χ0) is 20.9. The van der Waals surface area contributed by atoms with E-state index in [0.29, 0.717) is 5.92 Å². The fourth-order valence-corrected chi connectivity index (χ4v) is 5.50. The summed E-state index contributed by atoms with van der Waals surface area (Å²) in [5.41, 5.74) is 6.78. The second-order valence-corrected chi connectivity index (χ2v) is 9.48. The van der Waals surface area contributed by atoms with Crippen LogP contribution in [0.2, 0.25) is 0 Å². The van der Waals surface area contributed by atoms with Gasteiger partial charge in [-0.05, 0) is 41.9 Å². The highest BCUT2D eigenvalue weighted by Gasteiger charge is 2.33. The van der Waals surface area contributed by atoms with Crippen molar-refractivity contribution in [2.45, 2.75) is 63.1 Å². The standard InChI is InChI=1S/C28H32OS/c1-4-6-13-21-18-24(20(3)5-2)26-25(19-21)27(22-14-9-7-10-15-22)30-28(29-26)23-16-11-8-12-17-23/h7-12,14-20,27-28H,4-6,13H2,1-3H3. The smallest absolute Gasteiger partial charge is 0.170 e. The van der Waals surface area contributed by atoms with Gasteiger partial charge < -0.3 is 4.74 Å². The second-order valence-electron chi connectivity index (χ2n) is 8.30. The Labute approximate surface area is 185 Å². The van der Waals surface area contributed by atoms with Crippen LogP contribution < -0.4 is 4.74 Å². The first-order chi connectivity index (χ1) is 14.7. The number of hydrogen-bond acceptors (Lipinski definition) is 2. The maximum absolute atomic E-state index is 6.75. The number of hydrogen-bond donors (Lipinski definition) is 0. The molecule has 3 unspecified atom stereocenters. The van der Waals surface area contributed by atoms with Gasteiger partial charge >= 0.3 is 0 Å². The summed E-state index contributed by atoms with van der Waals surface area (Å²) in [6, 6.07) is 26.4. The van der Waals surface area contributed by atoms with Crippen LogP contribution in [-0.2, 0) is 6.42 Å². The fraction of sp³-hybridized carbons (Fsp3) is 0.357. The van der Waals surface area contributed by atoms with E-state index in [4.69, 9.17) is 4.74 Å². The number of ether oxygens (including phenoxy) is 1. The topological polar surface area (TPSA) is 9.23 Å². The molecule has 3 aromatic carbocycles. The molecule has 0 saturated heterocycles. The average Bonchev–Trinajstić information content (AvgIpc) is 2.82. The van der Waals surface area contributed by atoms with Crippen molar-refractivity contribution in [3.05, 3.63) is 101 Å². The predicted molar refractivity (Wildman–Crippen MR) is 129 cm³/mol. The molecule has 0 fully saturated rings. The van der Waals surface area contributed by atoms with Crippen molar-refractivity contribution in [1.29, 1.82) is 0 Å². The van der Waals surface area contributed by atoms with Crippen molar-refractivity contribution >= 4 is 11.8 Å². The minimum atomic E-state index is 0.00760. The summed E-state index contributed by atoms with van der Waals surface area (Å²) in [5.74, 6) is 1.60. The van der Waals surface area contributed by atoms with Crippen LogP contribution in [0.25, 0.3) is 0 Å². The highest BCUT2D eigenvalue weighted by atomic mass is 32.2. The zero-order valence-electron chi connectivity index (χ0n) is 18.3. The van der Waals surface area contributed by atoms with Crippen molar-refractivity contribution in [1.82, 2.24) is 0 Å². The monoisotopic (exact) mass is 416 g/mol. The zero-order valence-corrected chi connectivity index (χ0v) is 19.1. The minimum absolute atomic E-state index is 0.00760. The normalized spacial score (nSPS) is 19.0. The molecule has 0 radical (unpaired) electrons. The first kappa shape index (κ1) is 21.1. The van der Waals surface area contributed by atoms with E-state index in [9.17, 15) is 0 Å². The van der Waals surface area contributed by atoms with Crippen molar-refractivity contribution in [2.75, 3.05) is 0 Å². The molecule has 1 aliphatic rings. The first-order valence-corrected chi connectivity index (χ1v) is 12.2. The molecule has 3 atom stereocenters. The molecular formula is C28H32OS. The van der Waals surface area contributed by atoms with Crippen LogP contribution in [0, 0.1) is 0 Å². The molecule has 0 saturated carbocycles. The number of aryl methyl sites for hydroxylation is 1. The minimum Gasteiger partial charge on any atom is -0.474 e. The van der Waals surface area contributed by atoms with Crippen LogP contribution >= 0.6 is 11.8 Å². The highest BCUT2D eigenvalue weighted by molar-refractivity contribution is 7.99. The third-order valence-electron chi connectivity index (χ3n) is 6.11. The van der Waals surface area contributed by atoms with Gasteiger partial charge in [-0.2, -0.15) is 0 Å². The summed E-state index contributed by atoms with van der Waals surface area (Å²) in [5, 5.41) is 0.282. The maximum atomic E-state index is 6.75. The van der Waals surface area contributed by atoms with Crippen molar-refractivity contribution < 1.29 is 4.74 Å². The number of unbranched alkanes of at least 4 members (excludes halogenated alkanes) is 1. The molecule has 1 heterocycles. The van der Waals surface area contributed by atoms with Gasteiger partial charge in [0.2, 0.25) is 0 Å². The van der Waals surface area contributed by atoms with E-state index in [0.717, 1.165) is 18.6 Å². The molecule has 0 aliphatic carbocycles. The fourth-order valence-electron chi connectivity index (χ4n) is 4.16. The molecule has 0 amide bonds. The number of thioether (sulfide) groups is 1. The van der Waals surface area contributed by atoms with Crippen molar-refractivity contribution in [3.8, 4) is 5.75 Å². The average molecular weight is 417 g/mol. The van der Waals surface area contributed by atoms with Gasteiger partial charge in [-0.15, -0.1) is 11.8 Å². The van der Waals surface area contributed by atoms with E-state index in [1.165, 1.54) is 40.7 Å². The van der Waals surface area contributed by atoms with Crippen LogP contribution in [0.1, 0.15) is 84.5 Å². The van der Waals surface area contributed by atoms with Gasteiger partial charge in [0.15, 0.2) is 5.44 Å². The van der Waals surface area contributed by atoms with Gasteiger partial charge in [-0.25, -0.2) is 0 Å². The molecule has 3 aromatic rings. The SMILES string of the molecule is CCCCc1cc(C(C)CC)c2c(c1)C(c1ccccc1)SC(c1ccccc1)O2. The molecular weight excluding hydrogens is 384 g/mol. The van der Waals surface area contributed by atoms with Gasteiger partial charge in [0, 0.05) is 11.1 Å². The molecule has 0 spiro atoms. The van der Waals surface area contributed by atoms with E-state index in [-0.39, 0.29) is 10.7 Å². The summed E-state index contributed by atoms with van der Waals surface area (Å²) >= 11 is 1.92. The lowest BCUT2D eigenvalue weighted by Gasteiger charge is -2.35. The van der Waals surface area contributed by atoms with Crippen LogP contribution in [-0.4, -0.2) is 0 Å². The predicted octanol–water partition coefficient (Wildman–Crippen LogP) is 8.46. The largest absolute Gasteiger partial charge is 0.474 e. The highest BCUT2D eigenvalue weighted by Crippen LogP contribution is 2.54. The van der Waals surface area contributed by atoms with Crippen molar-refractivity contribution in [2.24, 2.45) is 0 Å². The Kier molecular flexibility index (Phi) is 6.84. The third-order valence-corrected chi connectivity index (χ3v) is 7.52. The number of rotatable bonds is 7. The lowest BCUT2D eigenvalue weighted by atomic mass is 9.89.